The Hall–Kier alpha value is -4.64. The molecule has 40 heavy (non-hydrogen) atoms. The molecular formula is C29H32N10O. The average Bonchev–Trinajstić information content (AvgIpc) is 3.62. The van der Waals surface area contributed by atoms with E-state index in [-0.39, 0.29) is 5.91 Å². The van der Waals surface area contributed by atoms with Gasteiger partial charge in [-0.25, -0.2) is 9.97 Å². The van der Waals surface area contributed by atoms with Gasteiger partial charge < -0.3 is 15.2 Å². The van der Waals surface area contributed by atoms with Gasteiger partial charge in [0, 0.05) is 62.3 Å². The zero-order chi connectivity index (χ0) is 27.8. The van der Waals surface area contributed by atoms with Crippen molar-refractivity contribution in [3.8, 4) is 22.5 Å². The number of nitrogens with two attached hydrogens (primary N) is 1. The minimum Gasteiger partial charge on any atom is -0.383 e. The minimum atomic E-state index is 0.0362. The van der Waals surface area contributed by atoms with Crippen LogP contribution < -0.4 is 5.73 Å². The quantitative estimate of drug-likeness (QED) is 0.337. The highest BCUT2D eigenvalue weighted by Gasteiger charge is 2.23. The van der Waals surface area contributed by atoms with E-state index >= 15 is 0 Å². The molecule has 4 aromatic heterocycles. The summed E-state index contributed by atoms with van der Waals surface area (Å²) in [5.41, 5.74) is 12.9. The summed E-state index contributed by atoms with van der Waals surface area (Å²) in [7, 11) is 5.63. The molecule has 5 heterocycles. The van der Waals surface area contributed by atoms with Gasteiger partial charge in [-0.05, 0) is 78.5 Å². The summed E-state index contributed by atoms with van der Waals surface area (Å²) in [6.07, 6.45) is 5.78. The van der Waals surface area contributed by atoms with Crippen LogP contribution in [0.4, 0.5) is 5.82 Å². The minimum absolute atomic E-state index is 0.0362. The van der Waals surface area contributed by atoms with Gasteiger partial charge in [-0.2, -0.15) is 5.21 Å². The maximum atomic E-state index is 12.2. The number of nitrogens with zero attached hydrogens (tertiary/aromatic N) is 8. The third kappa shape index (κ3) is 4.79. The first-order valence-corrected chi connectivity index (χ1v) is 13.4. The first-order chi connectivity index (χ1) is 19.4. The third-order valence-electron chi connectivity index (χ3n) is 7.85. The van der Waals surface area contributed by atoms with Crippen molar-refractivity contribution in [3.05, 3.63) is 71.7 Å². The van der Waals surface area contributed by atoms with Gasteiger partial charge in [-0.3, -0.25) is 9.69 Å². The van der Waals surface area contributed by atoms with Crippen LogP contribution in [-0.4, -0.2) is 78.1 Å². The molecule has 5 aromatic rings. The van der Waals surface area contributed by atoms with Gasteiger partial charge in [-0.1, -0.05) is 12.1 Å². The Morgan fingerprint density at radius 2 is 1.85 bits per heavy atom. The second-order valence-corrected chi connectivity index (χ2v) is 10.6. The molecule has 0 spiro atoms. The number of H-pyrrole nitrogens is 1. The predicted octanol–water partition coefficient (Wildman–Crippen LogP) is 3.48. The first-order valence-electron chi connectivity index (χ1n) is 13.4. The van der Waals surface area contributed by atoms with E-state index < -0.39 is 0 Å². The highest BCUT2D eigenvalue weighted by atomic mass is 16.2. The standard InChI is InChI=1S/C29H32N10O/c1-37(2)29(40)20-6-4-18(5-7-20)19-9-12-39(13-10-19)17-22-15-24-23(8-11-31-28(24)38(22)3)21-14-25(26(30)32-16-21)27-33-35-36-34-27/h4-8,11,14-16,19H,9-10,12-13,17H2,1-3H3,(H2,30,32)(H,33,34,35,36). The number of pyridine rings is 2. The number of aromatic nitrogens is 7. The number of carbonyl (C=O) groups excluding carboxylic acids is 1. The van der Waals surface area contributed by atoms with Crippen molar-refractivity contribution in [2.24, 2.45) is 7.05 Å². The topological polar surface area (TPSA) is 135 Å². The number of aromatic amines is 1. The van der Waals surface area contributed by atoms with Crippen molar-refractivity contribution in [3.63, 3.8) is 0 Å². The fourth-order valence-electron chi connectivity index (χ4n) is 5.56. The van der Waals surface area contributed by atoms with Crippen LogP contribution in [0.15, 0.2) is 54.9 Å². The molecular weight excluding hydrogens is 504 g/mol. The molecule has 3 N–H and O–H groups in total. The van der Waals surface area contributed by atoms with Crippen molar-refractivity contribution in [2.75, 3.05) is 32.9 Å². The van der Waals surface area contributed by atoms with E-state index in [0.29, 0.717) is 23.1 Å². The Morgan fingerprint density at radius 3 is 2.55 bits per heavy atom. The molecule has 0 bridgehead atoms. The Bertz CT molecular complexity index is 1650. The van der Waals surface area contributed by atoms with Crippen LogP contribution in [0.1, 0.15) is 40.4 Å². The lowest BCUT2D eigenvalue weighted by atomic mass is 9.89. The number of fused-ring (bicyclic) bond motifs is 1. The lowest BCUT2D eigenvalue weighted by molar-refractivity contribution is 0.0827. The summed E-state index contributed by atoms with van der Waals surface area (Å²) in [5.74, 6) is 1.30. The van der Waals surface area contributed by atoms with Crippen LogP contribution in [0, 0.1) is 0 Å². The highest BCUT2D eigenvalue weighted by Crippen LogP contribution is 2.34. The molecule has 11 nitrogen and oxygen atoms in total. The van der Waals surface area contributed by atoms with Gasteiger partial charge in [0.1, 0.15) is 11.5 Å². The third-order valence-corrected chi connectivity index (χ3v) is 7.85. The van der Waals surface area contributed by atoms with Gasteiger partial charge in [-0.15, -0.1) is 10.2 Å². The molecule has 1 amide bonds. The summed E-state index contributed by atoms with van der Waals surface area (Å²) in [6.45, 7) is 2.88. The normalized spacial score (nSPS) is 14.6. The Kier molecular flexibility index (Phi) is 6.72. The summed E-state index contributed by atoms with van der Waals surface area (Å²) in [5, 5.41) is 15.3. The van der Waals surface area contributed by atoms with Crippen LogP contribution >= 0.6 is 0 Å². The second-order valence-electron chi connectivity index (χ2n) is 10.6. The number of anilines is 1. The Labute approximate surface area is 232 Å². The van der Waals surface area contributed by atoms with E-state index in [0.717, 1.165) is 60.2 Å². The number of rotatable bonds is 6. The molecule has 1 fully saturated rings. The number of piperidine rings is 1. The largest absolute Gasteiger partial charge is 0.383 e. The summed E-state index contributed by atoms with van der Waals surface area (Å²) in [4.78, 5) is 25.4. The molecule has 6 rings (SSSR count). The van der Waals surface area contributed by atoms with E-state index in [1.807, 2.05) is 30.5 Å². The summed E-state index contributed by atoms with van der Waals surface area (Å²) in [6, 6.07) is 14.3. The fourth-order valence-corrected chi connectivity index (χ4v) is 5.56. The van der Waals surface area contributed by atoms with Crippen molar-refractivity contribution in [2.45, 2.75) is 25.3 Å². The van der Waals surface area contributed by atoms with E-state index in [9.17, 15) is 4.79 Å². The lowest BCUT2D eigenvalue weighted by Gasteiger charge is -2.32. The number of carbonyl (C=O) groups is 1. The van der Waals surface area contributed by atoms with E-state index in [2.05, 4.69) is 65.3 Å². The zero-order valence-electron chi connectivity index (χ0n) is 22.9. The van der Waals surface area contributed by atoms with Crippen molar-refractivity contribution >= 4 is 22.8 Å². The van der Waals surface area contributed by atoms with E-state index in [1.54, 1.807) is 25.2 Å². The van der Waals surface area contributed by atoms with Gasteiger partial charge in [0.25, 0.3) is 5.91 Å². The first kappa shape index (κ1) is 25.6. The van der Waals surface area contributed by atoms with Crippen LogP contribution in [0.5, 0.6) is 0 Å². The molecule has 0 unspecified atom stereocenters. The molecule has 0 aliphatic carbocycles. The van der Waals surface area contributed by atoms with Crippen LogP contribution in [0.25, 0.3) is 33.5 Å². The molecule has 204 valence electrons. The number of benzene rings is 1. The second kappa shape index (κ2) is 10.5. The van der Waals surface area contributed by atoms with E-state index in [1.165, 1.54) is 11.3 Å². The molecule has 1 aliphatic heterocycles. The van der Waals surface area contributed by atoms with Crippen LogP contribution in [-0.2, 0) is 13.6 Å². The van der Waals surface area contributed by atoms with Gasteiger partial charge in [0.15, 0.2) is 0 Å². The molecule has 0 saturated carbocycles. The summed E-state index contributed by atoms with van der Waals surface area (Å²) >= 11 is 0. The molecule has 0 atom stereocenters. The summed E-state index contributed by atoms with van der Waals surface area (Å²) < 4.78 is 2.18. The zero-order valence-corrected chi connectivity index (χ0v) is 22.9. The van der Waals surface area contributed by atoms with Gasteiger partial charge in [0.05, 0.1) is 5.56 Å². The Morgan fingerprint density at radius 1 is 1.07 bits per heavy atom. The number of hydrogen-bond acceptors (Lipinski definition) is 8. The molecule has 1 aromatic carbocycles. The number of likely N-dealkylation sites (tertiary alicyclic amines) is 1. The monoisotopic (exact) mass is 536 g/mol. The van der Waals surface area contributed by atoms with E-state index in [4.69, 9.17) is 5.73 Å². The van der Waals surface area contributed by atoms with Gasteiger partial charge >= 0.3 is 0 Å². The maximum absolute atomic E-state index is 12.2. The average molecular weight is 537 g/mol. The number of nitrogen functional groups attached to an aromatic ring is 1. The number of hydrogen-bond donors (Lipinski definition) is 2. The van der Waals surface area contributed by atoms with Crippen molar-refractivity contribution in [1.29, 1.82) is 0 Å². The number of nitrogens with one attached hydrogen (secondary N) is 1. The predicted molar refractivity (Wildman–Crippen MR) is 153 cm³/mol. The fraction of sp³-hybridized carbons (Fsp3) is 0.310. The number of aryl methyl sites for hydroxylation is 1. The maximum Gasteiger partial charge on any atom is 0.253 e. The van der Waals surface area contributed by atoms with Crippen LogP contribution in [0.3, 0.4) is 0 Å². The van der Waals surface area contributed by atoms with Crippen molar-refractivity contribution in [1.82, 2.24) is 45.0 Å². The Balaban J connectivity index is 1.19. The van der Waals surface area contributed by atoms with Crippen molar-refractivity contribution < 1.29 is 4.79 Å². The van der Waals surface area contributed by atoms with Crippen LogP contribution in [0.2, 0.25) is 0 Å². The SMILES string of the molecule is CN(C)C(=O)c1ccc(C2CCN(Cc3cc4c(-c5cnc(N)c(-c6nn[nH]n6)c5)ccnc4n3C)CC2)cc1. The highest BCUT2D eigenvalue weighted by molar-refractivity contribution is 5.95. The number of tetrazole rings is 1. The molecule has 1 aliphatic rings. The smallest absolute Gasteiger partial charge is 0.253 e. The lowest BCUT2D eigenvalue weighted by Crippen LogP contribution is -2.33. The van der Waals surface area contributed by atoms with Gasteiger partial charge in [0.2, 0.25) is 5.82 Å². The molecule has 11 heteroatoms. The molecule has 1 saturated heterocycles. The number of amides is 1. The molecule has 0 radical (unpaired) electrons.